The summed E-state index contributed by atoms with van der Waals surface area (Å²) >= 11 is 4.96. The maximum atomic E-state index is 12.2. The monoisotopic (exact) mass is 399 g/mol. The van der Waals surface area contributed by atoms with Crippen molar-refractivity contribution in [1.82, 2.24) is 9.97 Å². The number of fused-ring (bicyclic) bond motifs is 3. The van der Waals surface area contributed by atoms with Crippen molar-refractivity contribution in [3.63, 3.8) is 0 Å². The molecule has 1 N–H and O–H groups in total. The summed E-state index contributed by atoms with van der Waals surface area (Å²) in [7, 11) is 0. The van der Waals surface area contributed by atoms with Gasteiger partial charge in [0.25, 0.3) is 0 Å². The van der Waals surface area contributed by atoms with E-state index in [-0.39, 0.29) is 5.91 Å². The van der Waals surface area contributed by atoms with E-state index in [0.717, 1.165) is 37.6 Å². The van der Waals surface area contributed by atoms with E-state index in [1.165, 1.54) is 16.2 Å². The van der Waals surface area contributed by atoms with Crippen LogP contribution in [0.4, 0.5) is 5.13 Å². The molecule has 0 spiro atoms. The highest BCUT2D eigenvalue weighted by Crippen LogP contribution is 2.34. The van der Waals surface area contributed by atoms with E-state index in [4.69, 9.17) is 0 Å². The highest BCUT2D eigenvalue weighted by Gasteiger charge is 2.12. The quantitative estimate of drug-likeness (QED) is 0.332. The van der Waals surface area contributed by atoms with Crippen molar-refractivity contribution in [3.8, 4) is 0 Å². The molecule has 4 rings (SSSR count). The Balaban J connectivity index is 1.36. The van der Waals surface area contributed by atoms with Crippen LogP contribution < -0.4 is 5.32 Å². The van der Waals surface area contributed by atoms with Crippen LogP contribution in [0.25, 0.3) is 20.4 Å². The van der Waals surface area contributed by atoms with Gasteiger partial charge in [0.05, 0.1) is 19.9 Å². The van der Waals surface area contributed by atoms with Crippen molar-refractivity contribution in [3.05, 3.63) is 47.5 Å². The fourth-order valence-electron chi connectivity index (χ4n) is 2.66. The smallest absolute Gasteiger partial charge is 0.226 e. The molecule has 4 aromatic rings. The molecular formula is C19H17N3OS3. The summed E-state index contributed by atoms with van der Waals surface area (Å²) in [6, 6.07) is 14.3. The number of carbonyl (C=O) groups is 1. The summed E-state index contributed by atoms with van der Waals surface area (Å²) in [5.41, 5.74) is 1.88. The molecule has 0 aliphatic carbocycles. The molecule has 132 valence electrons. The molecule has 0 saturated carbocycles. The van der Waals surface area contributed by atoms with Gasteiger partial charge in [-0.1, -0.05) is 29.5 Å². The van der Waals surface area contributed by atoms with Crippen LogP contribution in [0.5, 0.6) is 0 Å². The lowest BCUT2D eigenvalue weighted by Crippen LogP contribution is -2.11. The van der Waals surface area contributed by atoms with Gasteiger partial charge in [0.2, 0.25) is 5.91 Å². The average Bonchev–Trinajstić information content (AvgIpc) is 3.21. The lowest BCUT2D eigenvalue weighted by atomic mass is 10.3. The van der Waals surface area contributed by atoms with Crippen LogP contribution >= 0.6 is 34.4 Å². The molecule has 0 bridgehead atoms. The number of carbonyl (C=O) groups excluding carboxylic acids is 1. The first-order valence-electron chi connectivity index (χ1n) is 8.33. The average molecular weight is 400 g/mol. The van der Waals surface area contributed by atoms with E-state index in [2.05, 4.69) is 33.5 Å². The van der Waals surface area contributed by atoms with Gasteiger partial charge in [-0.05, 0) is 43.4 Å². The predicted octanol–water partition coefficient (Wildman–Crippen LogP) is 5.73. The number of nitrogens with one attached hydrogen (secondary N) is 1. The van der Waals surface area contributed by atoms with Gasteiger partial charge in [-0.15, -0.1) is 23.1 Å². The molecule has 0 fully saturated rings. The van der Waals surface area contributed by atoms with E-state index >= 15 is 0 Å². The topological polar surface area (TPSA) is 54.9 Å². The summed E-state index contributed by atoms with van der Waals surface area (Å²) < 4.78 is 2.20. The van der Waals surface area contributed by atoms with Crippen LogP contribution in [0.3, 0.4) is 0 Å². The third-order valence-corrected chi connectivity index (χ3v) is 6.86. The minimum absolute atomic E-state index is 0.0171. The molecular weight excluding hydrogens is 382 g/mol. The highest BCUT2D eigenvalue weighted by molar-refractivity contribution is 7.99. The van der Waals surface area contributed by atoms with Gasteiger partial charge in [0.1, 0.15) is 5.52 Å². The molecule has 0 radical (unpaired) electrons. The van der Waals surface area contributed by atoms with Gasteiger partial charge in [-0.25, -0.2) is 9.97 Å². The molecule has 2 heterocycles. The van der Waals surface area contributed by atoms with Crippen LogP contribution in [-0.4, -0.2) is 21.6 Å². The SMILES string of the molecule is Cc1nc2c(ccc3nc(NC(=O)CCCSc4ccccc4)sc32)s1. The second kappa shape index (κ2) is 7.73. The number of anilines is 1. The van der Waals surface area contributed by atoms with Crippen LogP contribution in [0, 0.1) is 6.92 Å². The minimum atomic E-state index is 0.0171. The molecule has 26 heavy (non-hydrogen) atoms. The number of amides is 1. The summed E-state index contributed by atoms with van der Waals surface area (Å²) in [4.78, 5) is 22.6. The number of thiazole rings is 2. The summed E-state index contributed by atoms with van der Waals surface area (Å²) in [6.45, 7) is 2.01. The zero-order valence-corrected chi connectivity index (χ0v) is 16.6. The molecule has 0 unspecified atom stereocenters. The van der Waals surface area contributed by atoms with Crippen molar-refractivity contribution in [2.45, 2.75) is 24.7 Å². The van der Waals surface area contributed by atoms with E-state index < -0.39 is 0 Å². The number of rotatable bonds is 6. The Kier molecular flexibility index (Phi) is 5.19. The summed E-state index contributed by atoms with van der Waals surface area (Å²) in [5.74, 6) is 0.944. The Morgan fingerprint density at radius 1 is 1.12 bits per heavy atom. The maximum Gasteiger partial charge on any atom is 0.226 e. The second-order valence-corrected chi connectivity index (χ2v) is 9.23. The lowest BCUT2D eigenvalue weighted by Gasteiger charge is -2.02. The molecule has 2 aromatic carbocycles. The first kappa shape index (κ1) is 17.5. The van der Waals surface area contributed by atoms with E-state index in [1.807, 2.05) is 31.2 Å². The molecule has 0 saturated heterocycles. The fraction of sp³-hybridized carbons (Fsp3) is 0.211. The highest BCUT2D eigenvalue weighted by atomic mass is 32.2. The van der Waals surface area contributed by atoms with Gasteiger partial charge in [-0.3, -0.25) is 4.79 Å². The van der Waals surface area contributed by atoms with Gasteiger partial charge in [0, 0.05) is 11.3 Å². The molecule has 2 aromatic heterocycles. The van der Waals surface area contributed by atoms with Crippen molar-refractivity contribution in [2.24, 2.45) is 0 Å². The van der Waals surface area contributed by atoms with Gasteiger partial charge < -0.3 is 5.32 Å². The number of benzene rings is 2. The van der Waals surface area contributed by atoms with Crippen LogP contribution in [0.1, 0.15) is 17.8 Å². The number of hydrogen-bond donors (Lipinski definition) is 1. The minimum Gasteiger partial charge on any atom is -0.302 e. The first-order chi connectivity index (χ1) is 12.7. The fourth-order valence-corrected chi connectivity index (χ4v) is 5.41. The number of nitrogens with zero attached hydrogens (tertiary/aromatic N) is 2. The van der Waals surface area contributed by atoms with E-state index in [9.17, 15) is 4.79 Å². The largest absolute Gasteiger partial charge is 0.302 e. The summed E-state index contributed by atoms with van der Waals surface area (Å²) in [6.07, 6.45) is 1.34. The normalized spacial score (nSPS) is 11.3. The zero-order chi connectivity index (χ0) is 17.9. The predicted molar refractivity (Wildman–Crippen MR) is 113 cm³/mol. The Morgan fingerprint density at radius 3 is 2.81 bits per heavy atom. The molecule has 1 amide bonds. The molecule has 0 aliphatic heterocycles. The van der Waals surface area contributed by atoms with Crippen molar-refractivity contribution < 1.29 is 4.79 Å². The van der Waals surface area contributed by atoms with Crippen LogP contribution in [-0.2, 0) is 4.79 Å². The van der Waals surface area contributed by atoms with Gasteiger partial charge >= 0.3 is 0 Å². The summed E-state index contributed by atoms with van der Waals surface area (Å²) in [5, 5.41) is 4.63. The van der Waals surface area contributed by atoms with Crippen LogP contribution in [0.15, 0.2) is 47.4 Å². The van der Waals surface area contributed by atoms with Gasteiger partial charge in [0.15, 0.2) is 5.13 Å². The number of aromatic nitrogens is 2. The van der Waals surface area contributed by atoms with Crippen LogP contribution in [0.2, 0.25) is 0 Å². The Bertz CT molecular complexity index is 1060. The Labute approximate surface area is 163 Å². The van der Waals surface area contributed by atoms with Crippen molar-refractivity contribution in [1.29, 1.82) is 0 Å². The van der Waals surface area contributed by atoms with Crippen molar-refractivity contribution >= 4 is 65.9 Å². The number of thioether (sulfide) groups is 1. The second-order valence-electron chi connectivity index (χ2n) is 5.83. The van der Waals surface area contributed by atoms with Gasteiger partial charge in [-0.2, -0.15) is 0 Å². The van der Waals surface area contributed by atoms with E-state index in [1.54, 1.807) is 23.1 Å². The third-order valence-electron chi connectivity index (χ3n) is 3.83. The lowest BCUT2D eigenvalue weighted by molar-refractivity contribution is -0.116. The first-order valence-corrected chi connectivity index (χ1v) is 11.0. The zero-order valence-electron chi connectivity index (χ0n) is 14.2. The maximum absolute atomic E-state index is 12.2. The Morgan fingerprint density at radius 2 is 1.96 bits per heavy atom. The standard InChI is InChI=1S/C19H17N3OS3/c1-12-20-17-15(25-12)10-9-14-18(17)26-19(21-14)22-16(23)8-5-11-24-13-6-3-2-4-7-13/h2-4,6-7,9-10H,5,8,11H2,1H3,(H,21,22,23). The number of aryl methyl sites for hydroxylation is 1. The third kappa shape index (κ3) is 3.90. The Hall–Kier alpha value is -1.96. The molecule has 0 atom stereocenters. The van der Waals surface area contributed by atoms with E-state index in [0.29, 0.717) is 11.6 Å². The van der Waals surface area contributed by atoms with Crippen molar-refractivity contribution in [2.75, 3.05) is 11.1 Å². The number of hydrogen-bond acceptors (Lipinski definition) is 6. The molecule has 0 aliphatic rings. The molecule has 7 heteroatoms. The molecule has 4 nitrogen and oxygen atoms in total.